The molecule has 1 heterocycles. The molecule has 19 heavy (non-hydrogen) atoms. The number of nitrogens with two attached hydrogens (primary N) is 1. The standard InChI is InChI=1S/C11H9ClFN3O2S/c12-9-5-7(14)6-10(11(9)13)19(17,18)16-8-1-3-15-4-2-8/h1-6H,14H2,(H,15,16). The Hall–Kier alpha value is -1.86. The van der Waals surface area contributed by atoms with Crippen LogP contribution in [0.3, 0.4) is 0 Å². The molecule has 2 rings (SSSR count). The van der Waals surface area contributed by atoms with Crippen LogP contribution in [-0.4, -0.2) is 13.4 Å². The molecule has 0 atom stereocenters. The number of hydrogen-bond donors (Lipinski definition) is 2. The lowest BCUT2D eigenvalue weighted by Gasteiger charge is -2.10. The Labute approximate surface area is 114 Å². The quantitative estimate of drug-likeness (QED) is 0.852. The SMILES string of the molecule is Nc1cc(Cl)c(F)c(S(=O)(=O)Nc2ccncc2)c1. The van der Waals surface area contributed by atoms with Crippen LogP contribution < -0.4 is 10.5 Å². The van der Waals surface area contributed by atoms with E-state index >= 15 is 0 Å². The largest absolute Gasteiger partial charge is 0.399 e. The molecule has 0 saturated carbocycles. The van der Waals surface area contributed by atoms with Crippen LogP contribution >= 0.6 is 11.6 Å². The van der Waals surface area contributed by atoms with Gasteiger partial charge in [0.1, 0.15) is 4.90 Å². The molecule has 0 fully saturated rings. The molecule has 8 heteroatoms. The number of rotatable bonds is 3. The molecule has 3 N–H and O–H groups in total. The van der Waals surface area contributed by atoms with E-state index in [1.54, 1.807) is 0 Å². The van der Waals surface area contributed by atoms with Crippen LogP contribution in [0, 0.1) is 5.82 Å². The van der Waals surface area contributed by atoms with Gasteiger partial charge >= 0.3 is 0 Å². The first-order valence-corrected chi connectivity index (χ1v) is 6.93. The summed E-state index contributed by atoms with van der Waals surface area (Å²) in [7, 11) is -4.11. The van der Waals surface area contributed by atoms with Crippen LogP contribution in [0.4, 0.5) is 15.8 Å². The highest BCUT2D eigenvalue weighted by Crippen LogP contribution is 2.27. The maximum absolute atomic E-state index is 13.8. The molecule has 0 aliphatic heterocycles. The van der Waals surface area contributed by atoms with Gasteiger partial charge in [0.25, 0.3) is 10.0 Å². The Morgan fingerprint density at radius 1 is 1.26 bits per heavy atom. The van der Waals surface area contributed by atoms with Crippen molar-refractivity contribution in [2.75, 3.05) is 10.5 Å². The van der Waals surface area contributed by atoms with Gasteiger partial charge in [0, 0.05) is 18.1 Å². The number of halogens is 2. The van der Waals surface area contributed by atoms with Gasteiger partial charge < -0.3 is 5.73 Å². The van der Waals surface area contributed by atoms with Crippen molar-refractivity contribution >= 4 is 33.0 Å². The molecular formula is C11H9ClFN3O2S. The zero-order valence-corrected chi connectivity index (χ0v) is 11.0. The summed E-state index contributed by atoms with van der Waals surface area (Å²) in [5.74, 6) is -1.04. The number of nitrogens with one attached hydrogen (secondary N) is 1. The van der Waals surface area contributed by atoms with Crippen molar-refractivity contribution in [2.24, 2.45) is 0 Å². The fourth-order valence-electron chi connectivity index (χ4n) is 1.41. The van der Waals surface area contributed by atoms with Gasteiger partial charge in [0.15, 0.2) is 5.82 Å². The van der Waals surface area contributed by atoms with Crippen LogP contribution in [-0.2, 0) is 10.0 Å². The Balaban J connectivity index is 2.46. The normalized spacial score (nSPS) is 11.3. The fourth-order valence-corrected chi connectivity index (χ4v) is 2.89. The van der Waals surface area contributed by atoms with Gasteiger partial charge in [-0.1, -0.05) is 11.6 Å². The number of aromatic nitrogens is 1. The average molecular weight is 302 g/mol. The summed E-state index contributed by atoms with van der Waals surface area (Å²) in [6.45, 7) is 0. The molecule has 0 spiro atoms. The molecule has 1 aromatic heterocycles. The summed E-state index contributed by atoms with van der Waals surface area (Å²) >= 11 is 5.57. The van der Waals surface area contributed by atoms with Crippen LogP contribution in [0.15, 0.2) is 41.6 Å². The van der Waals surface area contributed by atoms with E-state index in [-0.39, 0.29) is 16.4 Å². The number of sulfonamides is 1. The van der Waals surface area contributed by atoms with Crippen LogP contribution in [0.25, 0.3) is 0 Å². The molecule has 0 aliphatic carbocycles. The predicted octanol–water partition coefficient (Wildman–Crippen LogP) is 2.26. The summed E-state index contributed by atoms with van der Waals surface area (Å²) in [5.41, 5.74) is 5.78. The highest BCUT2D eigenvalue weighted by molar-refractivity contribution is 7.92. The molecule has 100 valence electrons. The highest BCUT2D eigenvalue weighted by Gasteiger charge is 2.22. The van der Waals surface area contributed by atoms with Gasteiger partial charge in [-0.25, -0.2) is 12.8 Å². The maximum atomic E-state index is 13.8. The molecule has 0 bridgehead atoms. The lowest BCUT2D eigenvalue weighted by Crippen LogP contribution is -2.15. The molecule has 5 nitrogen and oxygen atoms in total. The minimum Gasteiger partial charge on any atom is -0.399 e. The van der Waals surface area contributed by atoms with Gasteiger partial charge in [-0.3, -0.25) is 9.71 Å². The van der Waals surface area contributed by atoms with Gasteiger partial charge in [-0.05, 0) is 24.3 Å². The van der Waals surface area contributed by atoms with Crippen LogP contribution in [0.1, 0.15) is 0 Å². The zero-order chi connectivity index (χ0) is 14.0. The topological polar surface area (TPSA) is 85.1 Å². The third-order valence-corrected chi connectivity index (χ3v) is 3.89. The molecular weight excluding hydrogens is 293 g/mol. The van der Waals surface area contributed by atoms with E-state index in [0.717, 1.165) is 12.1 Å². The predicted molar refractivity (Wildman–Crippen MR) is 70.9 cm³/mol. The summed E-state index contributed by atoms with van der Waals surface area (Å²) in [6, 6.07) is 5.01. The summed E-state index contributed by atoms with van der Waals surface area (Å²) < 4.78 is 40.1. The molecule has 0 saturated heterocycles. The monoisotopic (exact) mass is 301 g/mol. The van der Waals surface area contributed by atoms with Crippen LogP contribution in [0.2, 0.25) is 5.02 Å². The van der Waals surface area contributed by atoms with Crippen molar-refractivity contribution in [2.45, 2.75) is 4.90 Å². The number of nitrogen functional groups attached to an aromatic ring is 1. The molecule has 2 aromatic rings. The molecule has 1 aromatic carbocycles. The Kier molecular flexibility index (Phi) is 3.59. The smallest absolute Gasteiger partial charge is 0.264 e. The first kappa shape index (κ1) is 13.6. The van der Waals surface area contributed by atoms with Crippen molar-refractivity contribution < 1.29 is 12.8 Å². The molecule has 0 unspecified atom stereocenters. The molecule has 0 radical (unpaired) electrons. The van der Waals surface area contributed by atoms with E-state index in [9.17, 15) is 12.8 Å². The van der Waals surface area contributed by atoms with Crippen molar-refractivity contribution in [1.29, 1.82) is 0 Å². The zero-order valence-electron chi connectivity index (χ0n) is 9.47. The van der Waals surface area contributed by atoms with Crippen LogP contribution in [0.5, 0.6) is 0 Å². The summed E-state index contributed by atoms with van der Waals surface area (Å²) in [6.07, 6.45) is 2.81. The lowest BCUT2D eigenvalue weighted by atomic mass is 10.3. The van der Waals surface area contributed by atoms with Crippen molar-refractivity contribution in [3.63, 3.8) is 0 Å². The fraction of sp³-hybridized carbons (Fsp3) is 0. The maximum Gasteiger partial charge on any atom is 0.264 e. The number of pyridine rings is 1. The second-order valence-corrected chi connectivity index (χ2v) is 5.71. The Morgan fingerprint density at radius 2 is 1.89 bits per heavy atom. The first-order valence-electron chi connectivity index (χ1n) is 5.07. The van der Waals surface area contributed by atoms with Crippen molar-refractivity contribution in [3.05, 3.63) is 47.5 Å². The van der Waals surface area contributed by atoms with E-state index in [1.165, 1.54) is 24.5 Å². The van der Waals surface area contributed by atoms with E-state index in [2.05, 4.69) is 9.71 Å². The number of anilines is 2. The number of benzene rings is 1. The highest BCUT2D eigenvalue weighted by atomic mass is 35.5. The lowest BCUT2D eigenvalue weighted by molar-refractivity contribution is 0.571. The number of nitrogens with zero attached hydrogens (tertiary/aromatic N) is 1. The number of hydrogen-bond acceptors (Lipinski definition) is 4. The van der Waals surface area contributed by atoms with E-state index in [0.29, 0.717) is 0 Å². The Morgan fingerprint density at radius 3 is 2.53 bits per heavy atom. The van der Waals surface area contributed by atoms with E-state index in [4.69, 9.17) is 17.3 Å². The summed E-state index contributed by atoms with van der Waals surface area (Å²) in [5, 5.41) is -0.352. The second kappa shape index (κ2) is 5.02. The van der Waals surface area contributed by atoms with E-state index < -0.39 is 20.7 Å². The second-order valence-electron chi connectivity index (χ2n) is 3.66. The van der Waals surface area contributed by atoms with Gasteiger partial charge in [-0.2, -0.15) is 0 Å². The minimum absolute atomic E-state index is 0.0569. The average Bonchev–Trinajstić information content (AvgIpc) is 2.34. The van der Waals surface area contributed by atoms with Gasteiger partial charge in [0.2, 0.25) is 0 Å². The summed E-state index contributed by atoms with van der Waals surface area (Å²) in [4.78, 5) is 3.14. The van der Waals surface area contributed by atoms with Gasteiger partial charge in [0.05, 0.1) is 10.7 Å². The molecule has 0 amide bonds. The third kappa shape index (κ3) is 2.94. The van der Waals surface area contributed by atoms with Gasteiger partial charge in [-0.15, -0.1) is 0 Å². The minimum atomic E-state index is -4.11. The molecule has 0 aliphatic rings. The van der Waals surface area contributed by atoms with Crippen molar-refractivity contribution in [1.82, 2.24) is 4.98 Å². The third-order valence-electron chi connectivity index (χ3n) is 2.24. The first-order chi connectivity index (χ1) is 8.90. The van der Waals surface area contributed by atoms with E-state index in [1.807, 2.05) is 0 Å². The Bertz CT molecular complexity index is 707. The van der Waals surface area contributed by atoms with Crippen molar-refractivity contribution in [3.8, 4) is 0 Å².